The van der Waals surface area contributed by atoms with Crippen LogP contribution in [0.5, 0.6) is 5.75 Å². The number of hydrogen-bond donors (Lipinski definition) is 0. The smallest absolute Gasteiger partial charge is 0.121 e. The molecule has 0 heterocycles. The van der Waals surface area contributed by atoms with Crippen LogP contribution in [0, 0.1) is 11.3 Å². The van der Waals surface area contributed by atoms with Crippen LogP contribution in [0.3, 0.4) is 0 Å². The number of rotatable bonds is 3. The monoisotopic (exact) mass is 203 g/mol. The van der Waals surface area contributed by atoms with Crippen molar-refractivity contribution in [2.45, 2.75) is 39.7 Å². The fourth-order valence-electron chi connectivity index (χ4n) is 1.48. The van der Waals surface area contributed by atoms with Crippen LogP contribution in [0.25, 0.3) is 0 Å². The summed E-state index contributed by atoms with van der Waals surface area (Å²) in [5.74, 6) is 1.14. The lowest BCUT2D eigenvalue weighted by atomic mass is 9.98. The summed E-state index contributed by atoms with van der Waals surface area (Å²) in [6, 6.07) is 7.93. The zero-order chi connectivity index (χ0) is 11.4. The summed E-state index contributed by atoms with van der Waals surface area (Å²) in [5, 5.41) is 9.02. The fraction of sp³-hybridized carbons (Fsp3) is 0.462. The first-order chi connectivity index (χ1) is 7.04. The van der Waals surface area contributed by atoms with E-state index in [1.165, 1.54) is 0 Å². The number of nitriles is 1. The topological polar surface area (TPSA) is 33.0 Å². The second kappa shape index (κ2) is 4.84. The first kappa shape index (κ1) is 11.6. The molecule has 0 fully saturated rings. The maximum Gasteiger partial charge on any atom is 0.121 e. The summed E-state index contributed by atoms with van der Waals surface area (Å²) < 4.78 is 5.54. The third-order valence-electron chi connectivity index (χ3n) is 2.14. The molecule has 0 radical (unpaired) electrons. The van der Waals surface area contributed by atoms with Gasteiger partial charge in [0, 0.05) is 0 Å². The van der Waals surface area contributed by atoms with Crippen molar-refractivity contribution in [2.24, 2.45) is 0 Å². The van der Waals surface area contributed by atoms with Crippen molar-refractivity contribution >= 4 is 0 Å². The van der Waals surface area contributed by atoms with Crippen LogP contribution in [-0.2, 0) is 0 Å². The van der Waals surface area contributed by atoms with Gasteiger partial charge in [-0.2, -0.15) is 5.26 Å². The van der Waals surface area contributed by atoms with Crippen molar-refractivity contribution < 1.29 is 4.74 Å². The summed E-state index contributed by atoms with van der Waals surface area (Å²) in [7, 11) is 0. The number of ether oxygens (including phenoxy) is 1. The molecule has 0 atom stereocenters. The van der Waals surface area contributed by atoms with E-state index >= 15 is 0 Å². The van der Waals surface area contributed by atoms with E-state index in [9.17, 15) is 0 Å². The maximum absolute atomic E-state index is 9.02. The van der Waals surface area contributed by atoms with Gasteiger partial charge in [-0.15, -0.1) is 0 Å². The number of hydrogen-bond acceptors (Lipinski definition) is 2. The number of benzene rings is 1. The molecule has 2 nitrogen and oxygen atoms in total. The Morgan fingerprint density at radius 3 is 2.33 bits per heavy atom. The highest BCUT2D eigenvalue weighted by Crippen LogP contribution is 2.24. The standard InChI is InChI=1S/C13H17NO/c1-9(2)13-6-5-12(15-10(3)4)7-11(13)8-14/h5-7,9-10H,1-4H3. The number of nitrogens with zero attached hydrogens (tertiary/aromatic N) is 1. The highest BCUT2D eigenvalue weighted by atomic mass is 16.5. The van der Waals surface area contributed by atoms with Crippen LogP contribution in [0.1, 0.15) is 44.7 Å². The molecule has 1 rings (SSSR count). The minimum atomic E-state index is 0.140. The van der Waals surface area contributed by atoms with Gasteiger partial charge in [0.2, 0.25) is 0 Å². The highest BCUT2D eigenvalue weighted by Gasteiger charge is 2.08. The third-order valence-corrected chi connectivity index (χ3v) is 2.14. The maximum atomic E-state index is 9.02. The van der Waals surface area contributed by atoms with Crippen LogP contribution in [0.4, 0.5) is 0 Å². The van der Waals surface area contributed by atoms with Gasteiger partial charge in [-0.05, 0) is 37.5 Å². The average Bonchev–Trinajstić information content (AvgIpc) is 2.16. The van der Waals surface area contributed by atoms with Crippen LogP contribution in [0.2, 0.25) is 0 Å². The van der Waals surface area contributed by atoms with E-state index in [2.05, 4.69) is 19.9 Å². The lowest BCUT2D eigenvalue weighted by Crippen LogP contribution is -2.06. The molecule has 0 aliphatic heterocycles. The zero-order valence-electron chi connectivity index (χ0n) is 9.74. The molecule has 0 unspecified atom stereocenters. The van der Waals surface area contributed by atoms with E-state index in [0.717, 1.165) is 11.3 Å². The Morgan fingerprint density at radius 2 is 1.87 bits per heavy atom. The quantitative estimate of drug-likeness (QED) is 0.753. The molecule has 2 heteroatoms. The SMILES string of the molecule is CC(C)Oc1ccc(C(C)C)c(C#N)c1. The minimum Gasteiger partial charge on any atom is -0.491 e. The molecule has 80 valence electrons. The van der Waals surface area contributed by atoms with E-state index < -0.39 is 0 Å². The molecule has 0 saturated heterocycles. The Bertz CT molecular complexity index is 375. The van der Waals surface area contributed by atoms with Crippen LogP contribution < -0.4 is 4.74 Å². The second-order valence-corrected chi connectivity index (χ2v) is 4.18. The Hall–Kier alpha value is -1.49. The highest BCUT2D eigenvalue weighted by molar-refractivity contribution is 5.44. The van der Waals surface area contributed by atoms with Gasteiger partial charge in [0.25, 0.3) is 0 Å². The van der Waals surface area contributed by atoms with E-state index in [-0.39, 0.29) is 6.10 Å². The molecule has 0 N–H and O–H groups in total. The first-order valence-corrected chi connectivity index (χ1v) is 5.25. The van der Waals surface area contributed by atoms with Crippen molar-refractivity contribution in [1.29, 1.82) is 5.26 Å². The molecular weight excluding hydrogens is 186 g/mol. The van der Waals surface area contributed by atoms with Gasteiger partial charge < -0.3 is 4.74 Å². The summed E-state index contributed by atoms with van der Waals surface area (Å²) >= 11 is 0. The first-order valence-electron chi connectivity index (χ1n) is 5.25. The van der Waals surface area contributed by atoms with Gasteiger partial charge in [-0.3, -0.25) is 0 Å². The van der Waals surface area contributed by atoms with Gasteiger partial charge in [0.15, 0.2) is 0 Å². The van der Waals surface area contributed by atoms with Gasteiger partial charge in [-0.1, -0.05) is 19.9 Å². The lowest BCUT2D eigenvalue weighted by Gasteiger charge is -2.13. The van der Waals surface area contributed by atoms with Crippen molar-refractivity contribution in [1.82, 2.24) is 0 Å². The Labute approximate surface area is 91.5 Å². The Morgan fingerprint density at radius 1 is 1.20 bits per heavy atom. The molecule has 15 heavy (non-hydrogen) atoms. The molecule has 0 amide bonds. The van der Waals surface area contributed by atoms with Crippen molar-refractivity contribution in [3.8, 4) is 11.8 Å². The minimum absolute atomic E-state index is 0.140. The third kappa shape index (κ3) is 2.99. The molecule has 1 aromatic carbocycles. The average molecular weight is 203 g/mol. The van der Waals surface area contributed by atoms with E-state index in [0.29, 0.717) is 11.5 Å². The molecular formula is C13H17NO. The summed E-state index contributed by atoms with van der Waals surface area (Å²) in [5.41, 5.74) is 1.79. The van der Waals surface area contributed by atoms with Crippen molar-refractivity contribution in [2.75, 3.05) is 0 Å². The van der Waals surface area contributed by atoms with Crippen molar-refractivity contribution in [3.05, 3.63) is 29.3 Å². The lowest BCUT2D eigenvalue weighted by molar-refractivity contribution is 0.242. The largest absolute Gasteiger partial charge is 0.491 e. The molecule has 0 aliphatic carbocycles. The summed E-state index contributed by atoms with van der Waals surface area (Å²) in [6.07, 6.45) is 0.140. The Kier molecular flexibility index (Phi) is 3.74. The molecule has 0 saturated carbocycles. The summed E-state index contributed by atoms with van der Waals surface area (Å²) in [4.78, 5) is 0. The Balaban J connectivity index is 3.04. The predicted molar refractivity (Wildman–Crippen MR) is 61.0 cm³/mol. The molecule has 0 spiro atoms. The van der Waals surface area contributed by atoms with E-state index in [1.807, 2.05) is 32.0 Å². The van der Waals surface area contributed by atoms with Gasteiger partial charge in [0.05, 0.1) is 17.7 Å². The van der Waals surface area contributed by atoms with Crippen LogP contribution in [-0.4, -0.2) is 6.10 Å². The van der Waals surface area contributed by atoms with Gasteiger partial charge in [0.1, 0.15) is 5.75 Å². The van der Waals surface area contributed by atoms with Crippen LogP contribution >= 0.6 is 0 Å². The molecule has 0 aliphatic rings. The van der Waals surface area contributed by atoms with E-state index in [1.54, 1.807) is 0 Å². The molecule has 0 bridgehead atoms. The second-order valence-electron chi connectivity index (χ2n) is 4.18. The predicted octanol–water partition coefficient (Wildman–Crippen LogP) is 3.47. The van der Waals surface area contributed by atoms with Crippen molar-refractivity contribution in [3.63, 3.8) is 0 Å². The molecule has 1 aromatic rings. The summed E-state index contributed by atoms with van der Waals surface area (Å²) in [6.45, 7) is 8.11. The fourth-order valence-corrected chi connectivity index (χ4v) is 1.48. The van der Waals surface area contributed by atoms with Gasteiger partial charge >= 0.3 is 0 Å². The molecule has 0 aromatic heterocycles. The zero-order valence-corrected chi connectivity index (χ0v) is 9.74. The van der Waals surface area contributed by atoms with Gasteiger partial charge in [-0.25, -0.2) is 0 Å². The van der Waals surface area contributed by atoms with E-state index in [4.69, 9.17) is 10.00 Å². The normalized spacial score (nSPS) is 10.5. The van der Waals surface area contributed by atoms with Crippen LogP contribution in [0.15, 0.2) is 18.2 Å².